The fourth-order valence-electron chi connectivity index (χ4n) is 9.11. The van der Waals surface area contributed by atoms with E-state index in [1.807, 2.05) is 0 Å². The van der Waals surface area contributed by atoms with Crippen molar-refractivity contribution in [2.75, 3.05) is 19.8 Å². The molecule has 0 unspecified atom stereocenters. The number of unbranched alkanes of at least 4 members (excludes halogenated alkanes) is 51. The first-order valence-electron chi connectivity index (χ1n) is 55.3. The summed E-state index contributed by atoms with van der Waals surface area (Å²) >= 11 is 0. The molecular weight excluding hydrogens is 1470 g/mol. The van der Waals surface area contributed by atoms with Crippen LogP contribution >= 0.6 is 0 Å². The van der Waals surface area contributed by atoms with Crippen LogP contribution in [0.5, 0.6) is 0 Å². The highest BCUT2D eigenvalue weighted by molar-refractivity contribution is 5.66. The van der Waals surface area contributed by atoms with Crippen molar-refractivity contribution >= 4 is 17.9 Å². The molecule has 0 aromatic heterocycles. The SMILES string of the molecule is CCCCCC.CCCCCC.CCCCCC.CCCCCC.CCCCCC.CCCCCC.CCCCCC.CCCCCC.CCCCCC.CCCCCC.CCCCCC.CCCCCC.CCCCCC.CCCCCC.CCCCCC.CCCCCC.CCCCCC.CCOC(C)=O.CCOC(C)=O.CCOC(C)=O. The molecule has 0 N–H and O–H groups in total. The summed E-state index contributed by atoms with van der Waals surface area (Å²) in [4.78, 5) is 29.5. The van der Waals surface area contributed by atoms with Gasteiger partial charge in [-0.05, 0) is 20.8 Å². The van der Waals surface area contributed by atoms with Gasteiger partial charge in [-0.2, -0.15) is 0 Å². The summed E-state index contributed by atoms with van der Waals surface area (Å²) in [5, 5.41) is 0. The highest BCUT2D eigenvalue weighted by Gasteiger charge is 1.87. The summed E-state index contributed by atoms with van der Waals surface area (Å²) < 4.78 is 13.2. The molecule has 0 aliphatic heterocycles. The van der Waals surface area contributed by atoms with Gasteiger partial charge in [0.2, 0.25) is 0 Å². The lowest BCUT2D eigenvalue weighted by Gasteiger charge is -1.89. The topological polar surface area (TPSA) is 78.9 Å². The maximum Gasteiger partial charge on any atom is 0.302 e. The van der Waals surface area contributed by atoms with Crippen molar-refractivity contribution in [3.05, 3.63) is 0 Å². The van der Waals surface area contributed by atoms with Crippen molar-refractivity contribution in [1.29, 1.82) is 0 Å². The lowest BCUT2D eigenvalue weighted by molar-refractivity contribution is -0.141. The Bertz CT molecular complexity index is 839. The third kappa shape index (κ3) is 454. The minimum atomic E-state index is -0.211. The Balaban J connectivity index is -0.0000000487. The van der Waals surface area contributed by atoms with Gasteiger partial charge >= 0.3 is 17.9 Å². The predicted octanol–water partition coefficient (Wildman–Crippen LogP) is 45.7. The first kappa shape index (κ1) is 169. The highest BCUT2D eigenvalue weighted by Crippen LogP contribution is 2.04. The zero-order valence-electron chi connectivity index (χ0n) is 94.2. The molecule has 6 heteroatoms. The van der Waals surface area contributed by atoms with Gasteiger partial charge in [-0.1, -0.05) is 672 Å². The minimum Gasteiger partial charge on any atom is -0.466 e. The van der Waals surface area contributed by atoms with Crippen molar-refractivity contribution in [3.63, 3.8) is 0 Å². The fraction of sp³-hybridized carbons (Fsp3) is 0.974. The number of ether oxygens (including phenoxy) is 3. The molecule has 0 aliphatic carbocycles. The summed E-state index contributed by atoms with van der Waals surface area (Å²) in [6, 6.07) is 0. The Morgan fingerprint density at radius 1 is 0.108 bits per heavy atom. The van der Waals surface area contributed by atoms with Gasteiger partial charge in [0.25, 0.3) is 0 Å². The summed E-state index contributed by atoms with van der Waals surface area (Å²) in [5.41, 5.74) is 0. The second-order valence-corrected chi connectivity index (χ2v) is 31.8. The Kier molecular flexibility index (Phi) is 337. The number of carbonyl (C=O) groups is 3. The second-order valence-electron chi connectivity index (χ2n) is 31.8. The van der Waals surface area contributed by atoms with Crippen LogP contribution in [0.15, 0.2) is 0 Å². The van der Waals surface area contributed by atoms with Gasteiger partial charge in [-0.3, -0.25) is 14.4 Å². The van der Waals surface area contributed by atoms with Gasteiger partial charge in [0.1, 0.15) is 0 Å². The fourth-order valence-corrected chi connectivity index (χ4v) is 9.11. The third-order valence-electron chi connectivity index (χ3n) is 17.3. The lowest BCUT2D eigenvalue weighted by Crippen LogP contribution is -1.95. The van der Waals surface area contributed by atoms with Crippen LogP contribution < -0.4 is 0 Å². The van der Waals surface area contributed by atoms with Gasteiger partial charge in [0, 0.05) is 20.8 Å². The number of hydrogen-bond donors (Lipinski definition) is 0. The molecular formula is C114H262O6. The minimum absolute atomic E-state index is 0.211. The Morgan fingerprint density at radius 3 is 0.158 bits per heavy atom. The van der Waals surface area contributed by atoms with Crippen molar-refractivity contribution in [3.8, 4) is 0 Å². The van der Waals surface area contributed by atoms with E-state index in [0.717, 1.165) is 0 Å². The predicted molar refractivity (Wildman–Crippen MR) is 574 cm³/mol. The summed E-state index contributed by atoms with van der Waals surface area (Å²) in [7, 11) is 0. The van der Waals surface area contributed by atoms with Gasteiger partial charge in [-0.25, -0.2) is 0 Å². The van der Waals surface area contributed by atoms with Crippen molar-refractivity contribution in [2.24, 2.45) is 0 Å². The summed E-state index contributed by atoms with van der Waals surface area (Å²) in [6.07, 6.45) is 94.1. The molecule has 754 valence electrons. The molecule has 0 heterocycles. The second kappa shape index (κ2) is 240. The first-order chi connectivity index (χ1) is 57.9. The van der Waals surface area contributed by atoms with Crippen molar-refractivity contribution in [2.45, 2.75) is 714 Å². The van der Waals surface area contributed by atoms with Crippen LogP contribution in [0.1, 0.15) is 714 Å². The molecule has 0 saturated heterocycles. The van der Waals surface area contributed by atoms with Crippen LogP contribution in [0.4, 0.5) is 0 Å². The van der Waals surface area contributed by atoms with E-state index in [4.69, 9.17) is 0 Å². The molecule has 120 heavy (non-hydrogen) atoms. The monoisotopic (exact) mass is 1730 g/mol. The first-order valence-corrected chi connectivity index (χ1v) is 55.3. The number of carbonyl (C=O) groups excluding carboxylic acids is 3. The third-order valence-corrected chi connectivity index (χ3v) is 17.3. The van der Waals surface area contributed by atoms with Gasteiger partial charge in [0.05, 0.1) is 19.8 Å². The van der Waals surface area contributed by atoms with Crippen LogP contribution in [0.2, 0.25) is 0 Å². The molecule has 0 radical (unpaired) electrons. The molecule has 0 amide bonds. The average Bonchev–Trinajstić information content (AvgIpc) is 2.47. The number of hydrogen-bond acceptors (Lipinski definition) is 6. The van der Waals surface area contributed by atoms with Crippen molar-refractivity contribution in [1.82, 2.24) is 0 Å². The van der Waals surface area contributed by atoms with E-state index < -0.39 is 0 Å². The maximum absolute atomic E-state index is 9.82. The van der Waals surface area contributed by atoms with Crippen LogP contribution in [0.25, 0.3) is 0 Å². The highest BCUT2D eigenvalue weighted by atomic mass is 16.5. The van der Waals surface area contributed by atoms with E-state index in [1.54, 1.807) is 20.8 Å². The van der Waals surface area contributed by atoms with E-state index in [1.165, 1.54) is 457 Å². The van der Waals surface area contributed by atoms with Crippen LogP contribution in [-0.2, 0) is 28.6 Å². The average molecular weight is 1730 g/mol. The largest absolute Gasteiger partial charge is 0.466 e. The quantitative estimate of drug-likeness (QED) is 0.0343. The Labute approximate surface area is 775 Å². The Hall–Kier alpha value is -1.59. The Morgan fingerprint density at radius 2 is 0.150 bits per heavy atom. The molecule has 0 aromatic rings. The molecule has 0 atom stereocenters. The summed E-state index contributed by atoms with van der Waals surface area (Å²) in [6.45, 7) is 86.8. The van der Waals surface area contributed by atoms with E-state index in [9.17, 15) is 14.4 Å². The van der Waals surface area contributed by atoms with Gasteiger partial charge in [0.15, 0.2) is 0 Å². The molecule has 0 fully saturated rings. The molecule has 6 nitrogen and oxygen atoms in total. The van der Waals surface area contributed by atoms with Crippen LogP contribution in [-0.4, -0.2) is 37.7 Å². The zero-order chi connectivity index (χ0) is 97.1. The van der Waals surface area contributed by atoms with Gasteiger partial charge < -0.3 is 14.2 Å². The standard InChI is InChI=1S/17C6H14.3C4H8O2/c17*1-3-5-6-4-2;3*1-3-6-4(2)5/h17*3-6H2,1-2H3;3*3H2,1-2H3. The molecule has 0 saturated carbocycles. The summed E-state index contributed by atoms with van der Waals surface area (Å²) in [5.74, 6) is -0.632. The number of rotatable bonds is 54. The van der Waals surface area contributed by atoms with Crippen LogP contribution in [0.3, 0.4) is 0 Å². The maximum atomic E-state index is 9.82. The van der Waals surface area contributed by atoms with Crippen LogP contribution in [0, 0.1) is 0 Å². The smallest absolute Gasteiger partial charge is 0.302 e. The van der Waals surface area contributed by atoms with E-state index in [0.29, 0.717) is 19.8 Å². The van der Waals surface area contributed by atoms with E-state index in [2.05, 4.69) is 250 Å². The van der Waals surface area contributed by atoms with E-state index in [-0.39, 0.29) is 17.9 Å². The normalized spacial score (nSPS) is 8.80. The molecule has 0 bridgehead atoms. The van der Waals surface area contributed by atoms with Crippen molar-refractivity contribution < 1.29 is 28.6 Å². The van der Waals surface area contributed by atoms with Gasteiger partial charge in [-0.15, -0.1) is 0 Å². The van der Waals surface area contributed by atoms with E-state index >= 15 is 0 Å². The number of esters is 3. The molecule has 0 aliphatic rings. The molecule has 0 rings (SSSR count). The molecule has 0 aromatic carbocycles. The zero-order valence-corrected chi connectivity index (χ0v) is 94.2. The molecule has 0 spiro atoms. The lowest BCUT2D eigenvalue weighted by atomic mass is 10.2.